The first kappa shape index (κ1) is 18.8. The Morgan fingerprint density at radius 1 is 0.882 bits per heavy atom. The maximum atomic E-state index is 13.4. The first-order valence-corrected chi connectivity index (χ1v) is 11.0. The SMILES string of the molecule is O=C(NC1c2ccccc2-c2c(-c3nc4ccncc4[nH]3)cccc21)c1cccc2[nH]cnc12. The van der Waals surface area contributed by atoms with Gasteiger partial charge in [-0.05, 0) is 40.5 Å². The molecule has 1 amide bonds. The second-order valence-corrected chi connectivity index (χ2v) is 8.35. The summed E-state index contributed by atoms with van der Waals surface area (Å²) in [6.45, 7) is 0. The van der Waals surface area contributed by atoms with Crippen molar-refractivity contribution < 1.29 is 4.79 Å². The number of nitrogens with zero attached hydrogens (tertiary/aromatic N) is 3. The molecule has 0 spiro atoms. The maximum Gasteiger partial charge on any atom is 0.254 e. The molecule has 0 aliphatic heterocycles. The Labute approximate surface area is 193 Å². The maximum absolute atomic E-state index is 13.4. The summed E-state index contributed by atoms with van der Waals surface area (Å²) in [4.78, 5) is 33.2. The molecule has 1 atom stereocenters. The minimum atomic E-state index is -0.279. The van der Waals surface area contributed by atoms with Gasteiger partial charge in [-0.2, -0.15) is 0 Å². The molecule has 1 aliphatic rings. The van der Waals surface area contributed by atoms with Crippen LogP contribution in [0, 0.1) is 0 Å². The van der Waals surface area contributed by atoms with Crippen molar-refractivity contribution >= 4 is 28.0 Å². The molecule has 6 aromatic rings. The molecule has 1 aliphatic carbocycles. The molecule has 7 heteroatoms. The minimum Gasteiger partial charge on any atom is -0.345 e. The van der Waals surface area contributed by atoms with Gasteiger partial charge in [-0.25, -0.2) is 9.97 Å². The summed E-state index contributed by atoms with van der Waals surface area (Å²) in [6.07, 6.45) is 5.13. The van der Waals surface area contributed by atoms with Crippen LogP contribution in [-0.4, -0.2) is 30.8 Å². The van der Waals surface area contributed by atoms with Crippen LogP contribution in [0.2, 0.25) is 0 Å². The van der Waals surface area contributed by atoms with Gasteiger partial charge in [-0.1, -0.05) is 48.5 Å². The number of aromatic amines is 2. The Balaban J connectivity index is 1.36. The van der Waals surface area contributed by atoms with Gasteiger partial charge in [-0.3, -0.25) is 9.78 Å². The molecule has 0 radical (unpaired) electrons. The lowest BCUT2D eigenvalue weighted by atomic mass is 9.98. The Kier molecular flexibility index (Phi) is 3.92. The number of H-pyrrole nitrogens is 2. The third-order valence-electron chi connectivity index (χ3n) is 6.46. The highest BCUT2D eigenvalue weighted by atomic mass is 16.1. The summed E-state index contributed by atoms with van der Waals surface area (Å²) in [5, 5.41) is 3.26. The molecule has 0 saturated heterocycles. The van der Waals surface area contributed by atoms with Crippen LogP contribution in [0.15, 0.2) is 85.5 Å². The number of nitrogens with one attached hydrogen (secondary N) is 3. The number of pyridine rings is 1. The summed E-state index contributed by atoms with van der Waals surface area (Å²) in [5.74, 6) is 0.619. The van der Waals surface area contributed by atoms with E-state index in [4.69, 9.17) is 4.98 Å². The van der Waals surface area contributed by atoms with E-state index in [0.717, 1.165) is 50.2 Å². The Hall–Kier alpha value is -4.78. The van der Waals surface area contributed by atoms with Crippen molar-refractivity contribution in [3.63, 3.8) is 0 Å². The lowest BCUT2D eigenvalue weighted by Crippen LogP contribution is -2.28. The molecule has 0 fully saturated rings. The van der Waals surface area contributed by atoms with E-state index in [2.05, 4.69) is 49.5 Å². The minimum absolute atomic E-state index is 0.162. The van der Waals surface area contributed by atoms with Crippen LogP contribution >= 0.6 is 0 Å². The molecular formula is C27H18N6O. The number of carbonyl (C=O) groups is 1. The fraction of sp³-hybridized carbons (Fsp3) is 0.0370. The number of imidazole rings is 2. The fourth-order valence-corrected chi connectivity index (χ4v) is 4.95. The van der Waals surface area contributed by atoms with E-state index in [1.165, 1.54) is 0 Å². The number of aromatic nitrogens is 5. The van der Waals surface area contributed by atoms with Crippen LogP contribution in [0.5, 0.6) is 0 Å². The second-order valence-electron chi connectivity index (χ2n) is 8.35. The van der Waals surface area contributed by atoms with Gasteiger partial charge in [0.05, 0.1) is 40.7 Å². The normalized spacial score (nSPS) is 14.3. The molecule has 0 saturated carbocycles. The van der Waals surface area contributed by atoms with E-state index in [9.17, 15) is 4.79 Å². The van der Waals surface area contributed by atoms with E-state index in [-0.39, 0.29) is 11.9 Å². The van der Waals surface area contributed by atoms with Crippen molar-refractivity contribution in [3.05, 3.63) is 102 Å². The van der Waals surface area contributed by atoms with E-state index in [1.54, 1.807) is 24.8 Å². The van der Waals surface area contributed by atoms with E-state index < -0.39 is 0 Å². The smallest absolute Gasteiger partial charge is 0.254 e. The Bertz CT molecular complexity index is 1700. The van der Waals surface area contributed by atoms with Gasteiger partial charge in [-0.15, -0.1) is 0 Å². The first-order chi connectivity index (χ1) is 16.8. The molecule has 34 heavy (non-hydrogen) atoms. The third-order valence-corrected chi connectivity index (χ3v) is 6.46. The summed E-state index contributed by atoms with van der Waals surface area (Å²) < 4.78 is 0. The zero-order chi connectivity index (χ0) is 22.6. The topological polar surface area (TPSA) is 99.4 Å². The zero-order valence-electron chi connectivity index (χ0n) is 17.9. The Morgan fingerprint density at radius 2 is 1.74 bits per heavy atom. The highest BCUT2D eigenvalue weighted by molar-refractivity contribution is 6.05. The lowest BCUT2D eigenvalue weighted by Gasteiger charge is -2.16. The van der Waals surface area contributed by atoms with Gasteiger partial charge in [0.15, 0.2) is 0 Å². The van der Waals surface area contributed by atoms with Crippen LogP contribution in [0.3, 0.4) is 0 Å². The van der Waals surface area contributed by atoms with E-state index >= 15 is 0 Å². The molecule has 162 valence electrons. The second kappa shape index (κ2) is 7.11. The number of fused-ring (bicyclic) bond motifs is 5. The van der Waals surface area contributed by atoms with Crippen LogP contribution in [0.25, 0.3) is 44.6 Å². The number of carbonyl (C=O) groups excluding carboxylic acids is 1. The molecule has 3 heterocycles. The first-order valence-electron chi connectivity index (χ1n) is 11.0. The summed E-state index contributed by atoms with van der Waals surface area (Å²) >= 11 is 0. The zero-order valence-corrected chi connectivity index (χ0v) is 17.9. The van der Waals surface area contributed by atoms with E-state index in [0.29, 0.717) is 11.1 Å². The van der Waals surface area contributed by atoms with Crippen LogP contribution in [0.1, 0.15) is 27.5 Å². The predicted octanol–water partition coefficient (Wildman–Crippen LogP) is 5.00. The van der Waals surface area contributed by atoms with Gasteiger partial charge in [0.1, 0.15) is 11.3 Å². The average Bonchev–Trinajstić information content (AvgIpc) is 3.60. The van der Waals surface area contributed by atoms with Gasteiger partial charge in [0.2, 0.25) is 0 Å². The number of hydrogen-bond acceptors (Lipinski definition) is 4. The Morgan fingerprint density at radius 3 is 2.68 bits per heavy atom. The predicted molar refractivity (Wildman–Crippen MR) is 130 cm³/mol. The number of rotatable bonds is 3. The summed E-state index contributed by atoms with van der Waals surface area (Å²) in [7, 11) is 0. The van der Waals surface area contributed by atoms with Crippen molar-refractivity contribution in [2.75, 3.05) is 0 Å². The number of hydrogen-bond donors (Lipinski definition) is 3. The van der Waals surface area contributed by atoms with Crippen molar-refractivity contribution in [3.8, 4) is 22.5 Å². The number of para-hydroxylation sites is 1. The largest absolute Gasteiger partial charge is 0.345 e. The number of benzene rings is 3. The molecule has 7 nitrogen and oxygen atoms in total. The van der Waals surface area contributed by atoms with Crippen molar-refractivity contribution in [2.24, 2.45) is 0 Å². The lowest BCUT2D eigenvalue weighted by molar-refractivity contribution is 0.0945. The van der Waals surface area contributed by atoms with Crippen LogP contribution < -0.4 is 5.32 Å². The highest BCUT2D eigenvalue weighted by Crippen LogP contribution is 2.47. The fourth-order valence-electron chi connectivity index (χ4n) is 4.95. The van der Waals surface area contributed by atoms with Crippen molar-refractivity contribution in [2.45, 2.75) is 6.04 Å². The molecule has 0 bridgehead atoms. The van der Waals surface area contributed by atoms with Gasteiger partial charge in [0, 0.05) is 11.8 Å². The van der Waals surface area contributed by atoms with Crippen molar-refractivity contribution in [1.29, 1.82) is 0 Å². The van der Waals surface area contributed by atoms with Crippen LogP contribution in [-0.2, 0) is 0 Å². The molecular weight excluding hydrogens is 424 g/mol. The summed E-state index contributed by atoms with van der Waals surface area (Å²) in [6, 6.07) is 21.5. The summed E-state index contributed by atoms with van der Waals surface area (Å²) in [5.41, 5.74) is 9.06. The quantitative estimate of drug-likeness (QED) is 0.359. The van der Waals surface area contributed by atoms with Gasteiger partial charge < -0.3 is 15.3 Å². The standard InChI is InChI=1S/C27H18N6O/c34-27(19-9-4-10-21-25(19)30-14-29-21)33-24-16-6-2-1-5-15(16)23-17(24)7-3-8-18(23)26-31-20-11-12-28-13-22(20)32-26/h1-14,24H,(H,29,30)(H,31,32)(H,33,34). The molecule has 1 unspecified atom stereocenters. The highest BCUT2D eigenvalue weighted by Gasteiger charge is 2.32. The van der Waals surface area contributed by atoms with Crippen molar-refractivity contribution in [1.82, 2.24) is 30.2 Å². The van der Waals surface area contributed by atoms with Crippen LogP contribution in [0.4, 0.5) is 0 Å². The molecule has 7 rings (SSSR count). The molecule has 3 N–H and O–H groups in total. The van der Waals surface area contributed by atoms with E-state index in [1.807, 2.05) is 36.4 Å². The molecule has 3 aromatic carbocycles. The monoisotopic (exact) mass is 442 g/mol. The molecule has 3 aromatic heterocycles. The van der Waals surface area contributed by atoms with Gasteiger partial charge in [0.25, 0.3) is 5.91 Å². The third kappa shape index (κ3) is 2.70. The number of amides is 1. The van der Waals surface area contributed by atoms with Gasteiger partial charge >= 0.3 is 0 Å². The average molecular weight is 442 g/mol.